The van der Waals surface area contributed by atoms with Crippen molar-refractivity contribution in [3.05, 3.63) is 77.5 Å². The molecular formula is C25H23N5O5. The standard InChI is InChI=1S/C25H23N5O5/c1-3-21(31)26-16-8-9-19-17(10-16)22-18-12-29(25(34)28(2)24(18)33)13-20(22)30(19)11-14-4-6-15(7-5-14)23(32)27-35/h3-10,18,35H,1,11-13H2,2H3,(H,26,31)(H,27,32). The first-order valence-corrected chi connectivity index (χ1v) is 11.0. The third-order valence-corrected chi connectivity index (χ3v) is 6.60. The van der Waals surface area contributed by atoms with Gasteiger partial charge in [-0.3, -0.25) is 24.5 Å². The van der Waals surface area contributed by atoms with Gasteiger partial charge in [0, 0.05) is 48.0 Å². The predicted octanol–water partition coefficient (Wildman–Crippen LogP) is 2.42. The minimum absolute atomic E-state index is 0.258. The predicted molar refractivity (Wildman–Crippen MR) is 127 cm³/mol. The number of hydrogen-bond donors (Lipinski definition) is 3. The smallest absolute Gasteiger partial charge is 0.326 e. The fourth-order valence-corrected chi connectivity index (χ4v) is 4.90. The molecule has 3 N–H and O–H groups in total. The molecule has 2 aromatic carbocycles. The molecule has 3 heterocycles. The van der Waals surface area contributed by atoms with Gasteiger partial charge in [0.25, 0.3) is 5.91 Å². The second kappa shape index (κ2) is 8.41. The van der Waals surface area contributed by atoms with E-state index in [4.69, 9.17) is 5.21 Å². The average Bonchev–Trinajstić information content (AvgIpc) is 3.18. The van der Waals surface area contributed by atoms with E-state index < -0.39 is 11.8 Å². The summed E-state index contributed by atoms with van der Waals surface area (Å²) in [5.74, 6) is -1.71. The lowest BCUT2D eigenvalue weighted by atomic mass is 9.89. The number of imide groups is 1. The number of hydroxylamine groups is 1. The molecule has 2 aliphatic rings. The minimum Gasteiger partial charge on any atom is -0.338 e. The Labute approximate surface area is 200 Å². The van der Waals surface area contributed by atoms with Crippen LogP contribution in [0.5, 0.6) is 0 Å². The highest BCUT2D eigenvalue weighted by atomic mass is 16.5. The van der Waals surface area contributed by atoms with Crippen LogP contribution in [-0.4, -0.2) is 56.9 Å². The van der Waals surface area contributed by atoms with Crippen molar-refractivity contribution in [3.63, 3.8) is 0 Å². The number of fused-ring (bicyclic) bond motifs is 6. The maximum Gasteiger partial charge on any atom is 0.326 e. The Morgan fingerprint density at radius 2 is 1.91 bits per heavy atom. The first kappa shape index (κ1) is 22.4. The highest BCUT2D eigenvalue weighted by Crippen LogP contribution is 2.41. The summed E-state index contributed by atoms with van der Waals surface area (Å²) < 4.78 is 2.07. The third-order valence-electron chi connectivity index (χ3n) is 6.60. The molecule has 1 saturated heterocycles. The van der Waals surface area contributed by atoms with Gasteiger partial charge >= 0.3 is 6.03 Å². The molecule has 0 aliphatic carbocycles. The molecule has 10 nitrogen and oxygen atoms in total. The lowest BCUT2D eigenvalue weighted by Gasteiger charge is -2.41. The molecule has 5 rings (SSSR count). The number of likely N-dealkylation sites (N-methyl/N-ethyl adjacent to an activating group) is 1. The number of rotatable bonds is 5. The molecule has 1 fully saturated rings. The van der Waals surface area contributed by atoms with E-state index in [1.807, 2.05) is 12.1 Å². The Morgan fingerprint density at radius 3 is 2.60 bits per heavy atom. The Bertz CT molecular complexity index is 1410. The summed E-state index contributed by atoms with van der Waals surface area (Å²) >= 11 is 0. The van der Waals surface area contributed by atoms with Gasteiger partial charge in [0.1, 0.15) is 0 Å². The molecule has 0 spiro atoms. The van der Waals surface area contributed by atoms with Gasteiger partial charge in [0.05, 0.1) is 12.5 Å². The van der Waals surface area contributed by atoms with E-state index in [2.05, 4.69) is 16.5 Å². The van der Waals surface area contributed by atoms with E-state index >= 15 is 0 Å². The fraction of sp³-hybridized carbons (Fsp3) is 0.200. The lowest BCUT2D eigenvalue weighted by Crippen LogP contribution is -2.56. The van der Waals surface area contributed by atoms with Crippen LogP contribution in [0.25, 0.3) is 10.9 Å². The SMILES string of the molecule is C=CC(=O)Nc1ccc2c(c1)c1c(n2Cc2ccc(C(=O)NO)cc2)CN2CC1C(=O)N(C)C2=O. The molecular weight excluding hydrogens is 450 g/mol. The van der Waals surface area contributed by atoms with Gasteiger partial charge in [-0.1, -0.05) is 18.7 Å². The van der Waals surface area contributed by atoms with Crippen LogP contribution in [-0.2, 0) is 22.7 Å². The zero-order chi connectivity index (χ0) is 24.9. The highest BCUT2D eigenvalue weighted by Gasteiger charge is 2.44. The second-order valence-corrected chi connectivity index (χ2v) is 8.62. The molecule has 0 saturated carbocycles. The van der Waals surface area contributed by atoms with Gasteiger partial charge in [-0.2, -0.15) is 0 Å². The Kier molecular flexibility index (Phi) is 5.37. The molecule has 1 unspecified atom stereocenters. The van der Waals surface area contributed by atoms with Crippen LogP contribution in [0.1, 0.15) is 33.1 Å². The lowest BCUT2D eigenvalue weighted by molar-refractivity contribution is -0.132. The Morgan fingerprint density at radius 1 is 1.17 bits per heavy atom. The van der Waals surface area contributed by atoms with Crippen molar-refractivity contribution in [2.45, 2.75) is 19.0 Å². The number of urea groups is 1. The first-order chi connectivity index (χ1) is 16.8. The molecule has 35 heavy (non-hydrogen) atoms. The number of benzene rings is 2. The maximum absolute atomic E-state index is 13.1. The molecule has 10 heteroatoms. The summed E-state index contributed by atoms with van der Waals surface area (Å²) in [5, 5.41) is 12.5. The van der Waals surface area contributed by atoms with E-state index in [0.717, 1.165) is 32.6 Å². The van der Waals surface area contributed by atoms with Gasteiger partial charge in [-0.25, -0.2) is 10.3 Å². The molecule has 3 aromatic rings. The molecule has 178 valence electrons. The minimum atomic E-state index is -0.601. The van der Waals surface area contributed by atoms with E-state index in [1.165, 1.54) is 13.1 Å². The van der Waals surface area contributed by atoms with Crippen LogP contribution in [0.4, 0.5) is 10.5 Å². The summed E-state index contributed by atoms with van der Waals surface area (Å²) in [7, 11) is 1.49. The molecule has 1 atom stereocenters. The fourth-order valence-electron chi connectivity index (χ4n) is 4.90. The van der Waals surface area contributed by atoms with Crippen LogP contribution < -0.4 is 10.8 Å². The number of carbonyl (C=O) groups excluding carboxylic acids is 4. The third kappa shape index (κ3) is 3.64. The second-order valence-electron chi connectivity index (χ2n) is 8.62. The van der Waals surface area contributed by atoms with Gasteiger partial charge in [0.15, 0.2) is 0 Å². The van der Waals surface area contributed by atoms with E-state index in [9.17, 15) is 19.2 Å². The number of aromatic nitrogens is 1. The van der Waals surface area contributed by atoms with Crippen molar-refractivity contribution < 1.29 is 24.4 Å². The van der Waals surface area contributed by atoms with Crippen LogP contribution in [0.3, 0.4) is 0 Å². The zero-order valence-electron chi connectivity index (χ0n) is 18.9. The van der Waals surface area contributed by atoms with E-state index in [0.29, 0.717) is 30.9 Å². The first-order valence-electron chi connectivity index (χ1n) is 11.0. The van der Waals surface area contributed by atoms with E-state index in [1.54, 1.807) is 40.7 Å². The molecule has 1 aromatic heterocycles. The van der Waals surface area contributed by atoms with Crippen LogP contribution in [0, 0.1) is 0 Å². The Hall–Kier alpha value is -4.44. The Balaban J connectivity index is 1.64. The number of carbonyl (C=O) groups is 4. The van der Waals surface area contributed by atoms with Crippen molar-refractivity contribution in [1.29, 1.82) is 0 Å². The monoisotopic (exact) mass is 473 g/mol. The maximum atomic E-state index is 13.1. The van der Waals surface area contributed by atoms with E-state index in [-0.39, 0.29) is 17.8 Å². The number of nitrogens with one attached hydrogen (secondary N) is 2. The molecule has 0 radical (unpaired) electrons. The van der Waals surface area contributed by atoms with Crippen LogP contribution >= 0.6 is 0 Å². The van der Waals surface area contributed by atoms with Crippen molar-refractivity contribution >= 4 is 40.3 Å². The number of anilines is 1. The van der Waals surface area contributed by atoms with Gasteiger partial charge < -0.3 is 14.8 Å². The summed E-state index contributed by atoms with van der Waals surface area (Å²) in [6, 6.07) is 12.0. The van der Waals surface area contributed by atoms with Gasteiger partial charge in [-0.15, -0.1) is 0 Å². The van der Waals surface area contributed by atoms with Crippen molar-refractivity contribution in [3.8, 4) is 0 Å². The zero-order valence-corrected chi connectivity index (χ0v) is 18.9. The summed E-state index contributed by atoms with van der Waals surface area (Å²) in [4.78, 5) is 52.1. The average molecular weight is 473 g/mol. The van der Waals surface area contributed by atoms with Crippen molar-refractivity contribution in [2.75, 3.05) is 18.9 Å². The van der Waals surface area contributed by atoms with Crippen LogP contribution in [0.15, 0.2) is 55.1 Å². The van der Waals surface area contributed by atoms with Crippen LogP contribution in [0.2, 0.25) is 0 Å². The summed E-state index contributed by atoms with van der Waals surface area (Å²) in [5.41, 5.74) is 5.98. The number of amides is 5. The number of hydrogen-bond acceptors (Lipinski definition) is 5. The quantitative estimate of drug-likeness (QED) is 0.298. The molecule has 2 bridgehead atoms. The number of nitrogens with zero attached hydrogens (tertiary/aromatic N) is 3. The normalized spacial score (nSPS) is 16.8. The summed E-state index contributed by atoms with van der Waals surface area (Å²) in [6.45, 7) is 4.57. The van der Waals surface area contributed by atoms with Gasteiger partial charge in [0.2, 0.25) is 11.8 Å². The topological polar surface area (TPSA) is 124 Å². The largest absolute Gasteiger partial charge is 0.338 e. The molecule has 2 aliphatic heterocycles. The van der Waals surface area contributed by atoms with Crippen molar-refractivity contribution in [1.82, 2.24) is 19.8 Å². The molecule has 5 amide bonds. The summed E-state index contributed by atoms with van der Waals surface area (Å²) in [6.07, 6.45) is 1.19. The highest BCUT2D eigenvalue weighted by molar-refractivity contribution is 6.05. The van der Waals surface area contributed by atoms with Crippen molar-refractivity contribution in [2.24, 2.45) is 0 Å². The van der Waals surface area contributed by atoms with Gasteiger partial charge in [-0.05, 0) is 47.5 Å².